The van der Waals surface area contributed by atoms with E-state index >= 15 is 0 Å². The van der Waals surface area contributed by atoms with Crippen molar-refractivity contribution < 1.29 is 9.59 Å². The Morgan fingerprint density at radius 1 is 1.34 bits per heavy atom. The molecule has 6 heteroatoms. The summed E-state index contributed by atoms with van der Waals surface area (Å²) in [6.07, 6.45) is 9.71. The van der Waals surface area contributed by atoms with Gasteiger partial charge in [-0.05, 0) is 83.0 Å². The lowest BCUT2D eigenvalue weighted by atomic mass is 9.54. The van der Waals surface area contributed by atoms with Crippen LogP contribution in [0.5, 0.6) is 0 Å². The van der Waals surface area contributed by atoms with E-state index in [0.717, 1.165) is 52.9 Å². The summed E-state index contributed by atoms with van der Waals surface area (Å²) in [4.78, 5) is 30.2. The number of aromatic amines is 1. The first kappa shape index (κ1) is 19.6. The van der Waals surface area contributed by atoms with Crippen molar-refractivity contribution in [1.29, 1.82) is 0 Å². The Balaban J connectivity index is 1.36. The van der Waals surface area contributed by atoms with Crippen LogP contribution in [-0.2, 0) is 9.59 Å². The number of aromatic nitrogens is 1. The molecule has 2 aliphatic carbocycles. The molecule has 29 heavy (non-hydrogen) atoms. The standard InChI is InChI=1S/C23H26BrClN2O2/c1-13(17-12-26-19-3-2-18(25)22(24)21(17)19)6-20(29)27-15-7-14-8-16(27)11-23(9-14,10-15)4-5-28/h2-3,5,12-16,26H,4,6-11H2,1H3. The van der Waals surface area contributed by atoms with Gasteiger partial charge in [0, 0.05) is 46.5 Å². The summed E-state index contributed by atoms with van der Waals surface area (Å²) in [5, 5.41) is 1.75. The zero-order valence-electron chi connectivity index (χ0n) is 16.6. The van der Waals surface area contributed by atoms with Gasteiger partial charge in [0.2, 0.25) is 5.91 Å². The molecule has 0 spiro atoms. The average molecular weight is 478 g/mol. The number of carbonyl (C=O) groups excluding carboxylic acids is 2. The number of hydrogen-bond donors (Lipinski definition) is 1. The van der Waals surface area contributed by atoms with Gasteiger partial charge >= 0.3 is 0 Å². The molecule has 4 fully saturated rings. The second-order valence-corrected chi connectivity index (χ2v) is 10.8. The molecule has 2 saturated carbocycles. The highest BCUT2D eigenvalue weighted by atomic mass is 79.9. The van der Waals surface area contributed by atoms with E-state index < -0.39 is 0 Å². The van der Waals surface area contributed by atoms with Crippen LogP contribution in [0.2, 0.25) is 5.02 Å². The molecule has 1 amide bonds. The lowest BCUT2D eigenvalue weighted by molar-refractivity contribution is -0.159. The first-order valence-electron chi connectivity index (χ1n) is 10.6. The van der Waals surface area contributed by atoms with E-state index in [4.69, 9.17) is 11.6 Å². The van der Waals surface area contributed by atoms with E-state index in [1.54, 1.807) is 0 Å². The molecular weight excluding hydrogens is 452 g/mol. The molecule has 4 bridgehead atoms. The van der Waals surface area contributed by atoms with Gasteiger partial charge in [-0.25, -0.2) is 0 Å². The Hall–Kier alpha value is -1.33. The Bertz CT molecular complexity index is 971. The summed E-state index contributed by atoms with van der Waals surface area (Å²) >= 11 is 9.93. The van der Waals surface area contributed by atoms with Crippen LogP contribution in [0, 0.1) is 11.3 Å². The number of nitrogens with zero attached hydrogens (tertiary/aromatic N) is 1. The molecule has 2 aromatic rings. The number of halogens is 2. The number of H-pyrrole nitrogens is 1. The minimum absolute atomic E-state index is 0.104. The number of nitrogens with one attached hydrogen (secondary N) is 1. The zero-order valence-corrected chi connectivity index (χ0v) is 18.9. The van der Waals surface area contributed by atoms with Crippen LogP contribution in [-0.4, -0.2) is 34.2 Å². The average Bonchev–Trinajstić information content (AvgIpc) is 3.08. The van der Waals surface area contributed by atoms with Crippen LogP contribution in [0.15, 0.2) is 22.8 Å². The molecule has 2 aliphatic heterocycles. The third-order valence-corrected chi connectivity index (χ3v) is 9.01. The smallest absolute Gasteiger partial charge is 0.223 e. The second kappa shape index (κ2) is 7.12. The summed E-state index contributed by atoms with van der Waals surface area (Å²) in [6.45, 7) is 2.12. The molecule has 2 saturated heterocycles. The summed E-state index contributed by atoms with van der Waals surface area (Å²) < 4.78 is 0.887. The van der Waals surface area contributed by atoms with E-state index in [2.05, 4.69) is 32.7 Å². The van der Waals surface area contributed by atoms with Gasteiger partial charge in [0.15, 0.2) is 0 Å². The van der Waals surface area contributed by atoms with Crippen molar-refractivity contribution in [2.24, 2.45) is 11.3 Å². The predicted molar refractivity (Wildman–Crippen MR) is 118 cm³/mol. The van der Waals surface area contributed by atoms with Gasteiger partial charge in [-0.2, -0.15) is 0 Å². The zero-order chi connectivity index (χ0) is 20.3. The number of rotatable bonds is 5. The minimum Gasteiger partial charge on any atom is -0.361 e. The summed E-state index contributed by atoms with van der Waals surface area (Å²) in [6, 6.07) is 4.50. The van der Waals surface area contributed by atoms with Crippen molar-refractivity contribution in [3.63, 3.8) is 0 Å². The largest absolute Gasteiger partial charge is 0.361 e. The topological polar surface area (TPSA) is 53.2 Å². The molecule has 3 atom stereocenters. The van der Waals surface area contributed by atoms with E-state index in [1.165, 1.54) is 6.42 Å². The fourth-order valence-electron chi connectivity index (χ4n) is 6.66. The molecule has 154 valence electrons. The van der Waals surface area contributed by atoms with Crippen LogP contribution in [0.1, 0.15) is 63.4 Å². The highest BCUT2D eigenvalue weighted by molar-refractivity contribution is 9.10. The third kappa shape index (κ3) is 3.16. The van der Waals surface area contributed by atoms with Crippen molar-refractivity contribution in [2.75, 3.05) is 0 Å². The van der Waals surface area contributed by atoms with Gasteiger partial charge in [-0.3, -0.25) is 4.79 Å². The molecule has 6 rings (SSSR count). The summed E-state index contributed by atoms with van der Waals surface area (Å²) in [7, 11) is 0. The monoisotopic (exact) mass is 476 g/mol. The number of amides is 1. The molecule has 0 radical (unpaired) electrons. The number of carbonyl (C=O) groups is 2. The molecule has 4 nitrogen and oxygen atoms in total. The molecule has 1 aromatic heterocycles. The van der Waals surface area contributed by atoms with Crippen LogP contribution in [0.25, 0.3) is 10.9 Å². The normalized spacial score (nSPS) is 31.4. The lowest BCUT2D eigenvalue weighted by Crippen LogP contribution is -2.63. The van der Waals surface area contributed by atoms with E-state index in [-0.39, 0.29) is 17.2 Å². The molecular formula is C23H26BrClN2O2. The Kier molecular flexibility index (Phi) is 4.82. The quantitative estimate of drug-likeness (QED) is 0.551. The third-order valence-electron chi connectivity index (χ3n) is 7.64. The first-order valence-corrected chi connectivity index (χ1v) is 11.8. The Labute approximate surface area is 184 Å². The number of piperidine rings is 2. The van der Waals surface area contributed by atoms with Crippen molar-refractivity contribution in [3.8, 4) is 0 Å². The molecule has 1 aromatic carbocycles. The molecule has 3 heterocycles. The van der Waals surface area contributed by atoms with E-state index in [9.17, 15) is 9.59 Å². The van der Waals surface area contributed by atoms with Crippen molar-refractivity contribution >= 4 is 50.6 Å². The Morgan fingerprint density at radius 3 is 2.76 bits per heavy atom. The highest BCUT2D eigenvalue weighted by Gasteiger charge is 2.55. The van der Waals surface area contributed by atoms with Gasteiger partial charge in [0.05, 0.1) is 5.02 Å². The first-order chi connectivity index (χ1) is 13.9. The van der Waals surface area contributed by atoms with Crippen LogP contribution in [0.3, 0.4) is 0 Å². The van der Waals surface area contributed by atoms with Gasteiger partial charge < -0.3 is 14.7 Å². The van der Waals surface area contributed by atoms with Crippen LogP contribution < -0.4 is 0 Å². The number of benzene rings is 1. The number of aldehydes is 1. The maximum Gasteiger partial charge on any atom is 0.223 e. The minimum atomic E-state index is 0.104. The van der Waals surface area contributed by atoms with Crippen molar-refractivity contribution in [1.82, 2.24) is 9.88 Å². The molecule has 3 unspecified atom stereocenters. The number of hydrogen-bond acceptors (Lipinski definition) is 2. The van der Waals surface area contributed by atoms with Crippen LogP contribution >= 0.6 is 27.5 Å². The highest BCUT2D eigenvalue weighted by Crippen LogP contribution is 2.57. The second-order valence-electron chi connectivity index (χ2n) is 9.56. The van der Waals surface area contributed by atoms with Crippen molar-refractivity contribution in [3.05, 3.63) is 33.4 Å². The fourth-order valence-corrected chi connectivity index (χ4v) is 7.40. The molecule has 4 aliphatic rings. The van der Waals surface area contributed by atoms with Gasteiger partial charge in [-0.15, -0.1) is 0 Å². The maximum absolute atomic E-state index is 13.4. The van der Waals surface area contributed by atoms with Crippen molar-refractivity contribution in [2.45, 2.75) is 69.9 Å². The molecule has 1 N–H and O–H groups in total. The van der Waals surface area contributed by atoms with Crippen LogP contribution in [0.4, 0.5) is 0 Å². The summed E-state index contributed by atoms with van der Waals surface area (Å²) in [5.74, 6) is 1.06. The van der Waals surface area contributed by atoms with Gasteiger partial charge in [0.1, 0.15) is 6.29 Å². The van der Waals surface area contributed by atoms with E-state index in [0.29, 0.717) is 35.9 Å². The summed E-state index contributed by atoms with van der Waals surface area (Å²) in [5.41, 5.74) is 2.32. The van der Waals surface area contributed by atoms with Gasteiger partial charge in [0.25, 0.3) is 0 Å². The maximum atomic E-state index is 13.4. The fraction of sp³-hybridized carbons (Fsp3) is 0.565. The Morgan fingerprint density at radius 2 is 2.07 bits per heavy atom. The SMILES string of the molecule is CC(CC(=O)N1C2CC3CC1CC(CC=O)(C3)C2)c1c[nH]c2ccc(Cl)c(Br)c12. The van der Waals surface area contributed by atoms with Gasteiger partial charge in [-0.1, -0.05) is 18.5 Å². The van der Waals surface area contributed by atoms with E-state index in [1.807, 2.05) is 18.3 Å². The number of fused-ring (bicyclic) bond motifs is 1. The predicted octanol–water partition coefficient (Wildman–Crippen LogP) is 5.83. The lowest BCUT2D eigenvalue weighted by Gasteiger charge is -2.61.